The monoisotopic (exact) mass is 328 g/mol. The predicted octanol–water partition coefficient (Wildman–Crippen LogP) is -0.464. The van der Waals surface area contributed by atoms with Crippen molar-refractivity contribution in [3.05, 3.63) is 32.6 Å². The van der Waals surface area contributed by atoms with Crippen LogP contribution >= 0.6 is 0 Å². The summed E-state index contributed by atoms with van der Waals surface area (Å²) in [5.74, 6) is 0. The molecule has 3 N–H and O–H groups in total. The van der Waals surface area contributed by atoms with Gasteiger partial charge in [0.2, 0.25) is 0 Å². The highest BCUT2D eigenvalue weighted by molar-refractivity contribution is 5.10. The Morgan fingerprint density at radius 1 is 1.45 bits per heavy atom. The van der Waals surface area contributed by atoms with Crippen LogP contribution in [-0.4, -0.2) is 44.8 Å². The number of aromatic nitrogens is 2. The van der Waals surface area contributed by atoms with E-state index in [1.54, 1.807) is 0 Å². The third-order valence-electron chi connectivity index (χ3n) is 3.48. The highest BCUT2D eigenvalue weighted by atomic mass is 19.4. The van der Waals surface area contributed by atoms with Crippen LogP contribution < -0.4 is 11.2 Å². The Kier molecular flexibility index (Phi) is 4.15. The number of nitrogens with one attached hydrogen (secondary N) is 1. The average molecular weight is 328 g/mol. The molecule has 1 aliphatic heterocycles. The van der Waals surface area contributed by atoms with Gasteiger partial charge >= 0.3 is 11.9 Å². The molecule has 0 saturated carbocycles. The van der Waals surface area contributed by atoms with Crippen molar-refractivity contribution >= 4 is 0 Å². The Labute approximate surface area is 119 Å². The molecular weight excluding hydrogens is 316 g/mol. The minimum Gasteiger partial charge on any atom is -0.393 e. The Hall–Kier alpha value is -1.72. The van der Waals surface area contributed by atoms with Crippen LogP contribution in [-0.2, 0) is 10.9 Å². The minimum atomic E-state index is -5.01. The molecular formula is C11H12F4N2O5. The lowest BCUT2D eigenvalue weighted by Gasteiger charge is -2.26. The lowest BCUT2D eigenvalue weighted by Crippen LogP contribution is -2.45. The number of hydrogen-bond donors (Lipinski definition) is 3. The van der Waals surface area contributed by atoms with Crippen LogP contribution in [0.3, 0.4) is 0 Å². The van der Waals surface area contributed by atoms with E-state index in [1.807, 2.05) is 0 Å². The molecule has 124 valence electrons. The molecule has 0 radical (unpaired) electrons. The second-order valence-corrected chi connectivity index (χ2v) is 4.89. The van der Waals surface area contributed by atoms with Crippen LogP contribution in [0.25, 0.3) is 0 Å². The van der Waals surface area contributed by atoms with Crippen molar-refractivity contribution in [2.75, 3.05) is 13.3 Å². The van der Waals surface area contributed by atoms with E-state index in [0.29, 0.717) is 4.57 Å². The van der Waals surface area contributed by atoms with Gasteiger partial charge in [-0.1, -0.05) is 0 Å². The van der Waals surface area contributed by atoms with Crippen molar-refractivity contribution in [3.8, 4) is 0 Å². The molecule has 0 unspecified atom stereocenters. The van der Waals surface area contributed by atoms with E-state index in [0.717, 1.165) is 0 Å². The van der Waals surface area contributed by atoms with Crippen LogP contribution in [0.1, 0.15) is 18.2 Å². The summed E-state index contributed by atoms with van der Waals surface area (Å²) in [4.78, 5) is 24.3. The first-order valence-corrected chi connectivity index (χ1v) is 6.10. The topological polar surface area (TPSA) is 105 Å². The molecule has 1 aromatic rings. The van der Waals surface area contributed by atoms with E-state index >= 15 is 0 Å². The average Bonchev–Trinajstić information content (AvgIpc) is 2.74. The van der Waals surface area contributed by atoms with Gasteiger partial charge in [-0.15, -0.1) is 0 Å². The molecule has 0 spiro atoms. The van der Waals surface area contributed by atoms with Crippen LogP contribution in [0.4, 0.5) is 17.6 Å². The molecule has 0 aliphatic carbocycles. The van der Waals surface area contributed by atoms with Crippen LogP contribution in [0.5, 0.6) is 0 Å². The van der Waals surface area contributed by atoms with Gasteiger partial charge in [-0.25, -0.2) is 9.18 Å². The summed E-state index contributed by atoms with van der Waals surface area (Å²) in [6, 6.07) is 0. The van der Waals surface area contributed by atoms with E-state index < -0.39 is 60.6 Å². The number of aliphatic hydroxyl groups excluding tert-OH is 2. The fourth-order valence-corrected chi connectivity index (χ4v) is 2.18. The van der Waals surface area contributed by atoms with Gasteiger partial charge in [-0.2, -0.15) is 13.2 Å². The van der Waals surface area contributed by atoms with Crippen LogP contribution in [0.15, 0.2) is 15.8 Å². The van der Waals surface area contributed by atoms with Gasteiger partial charge in [0.15, 0.2) is 0 Å². The molecule has 2 rings (SSSR count). The van der Waals surface area contributed by atoms with Gasteiger partial charge in [0.25, 0.3) is 5.56 Å². The summed E-state index contributed by atoms with van der Waals surface area (Å²) < 4.78 is 56.4. The zero-order valence-corrected chi connectivity index (χ0v) is 10.9. The van der Waals surface area contributed by atoms with Gasteiger partial charge in [0, 0.05) is 12.6 Å². The molecule has 1 aliphatic rings. The summed E-state index contributed by atoms with van der Waals surface area (Å²) in [5.41, 5.74) is -6.47. The van der Waals surface area contributed by atoms with Gasteiger partial charge in [-0.3, -0.25) is 14.3 Å². The van der Waals surface area contributed by atoms with E-state index in [-0.39, 0.29) is 6.20 Å². The van der Waals surface area contributed by atoms with Crippen molar-refractivity contribution in [3.63, 3.8) is 0 Å². The maximum absolute atomic E-state index is 13.0. The number of nitrogens with zero attached hydrogens (tertiary/aromatic N) is 1. The second-order valence-electron chi connectivity index (χ2n) is 4.89. The molecule has 22 heavy (non-hydrogen) atoms. The molecule has 3 atom stereocenters. The molecule has 7 nitrogen and oxygen atoms in total. The first kappa shape index (κ1) is 16.6. The zero-order chi connectivity index (χ0) is 16.7. The van der Waals surface area contributed by atoms with E-state index in [4.69, 9.17) is 9.84 Å². The molecule has 2 heterocycles. The first-order chi connectivity index (χ1) is 10.1. The van der Waals surface area contributed by atoms with E-state index in [9.17, 15) is 32.3 Å². The Balaban J connectivity index is 2.47. The molecule has 11 heteroatoms. The lowest BCUT2D eigenvalue weighted by molar-refractivity contribution is -0.144. The van der Waals surface area contributed by atoms with Crippen molar-refractivity contribution < 1.29 is 32.5 Å². The quantitative estimate of drug-likeness (QED) is 0.651. The Morgan fingerprint density at radius 2 is 2.09 bits per heavy atom. The molecule has 0 amide bonds. The van der Waals surface area contributed by atoms with Crippen molar-refractivity contribution in [2.24, 2.45) is 0 Å². The van der Waals surface area contributed by atoms with E-state index in [2.05, 4.69) is 0 Å². The minimum absolute atomic E-state index is 0.240. The smallest absolute Gasteiger partial charge is 0.393 e. The molecule has 0 bridgehead atoms. The van der Waals surface area contributed by atoms with E-state index in [1.165, 1.54) is 4.98 Å². The van der Waals surface area contributed by atoms with Crippen LogP contribution in [0, 0.1) is 0 Å². The summed E-state index contributed by atoms with van der Waals surface area (Å²) in [6.07, 6.45) is -8.17. The third-order valence-corrected chi connectivity index (χ3v) is 3.48. The number of H-pyrrole nitrogens is 1. The van der Waals surface area contributed by atoms with Crippen LogP contribution in [0.2, 0.25) is 0 Å². The van der Waals surface area contributed by atoms with Gasteiger partial charge < -0.3 is 14.9 Å². The van der Waals surface area contributed by atoms with Crippen molar-refractivity contribution in [1.82, 2.24) is 9.55 Å². The Morgan fingerprint density at radius 3 is 2.55 bits per heavy atom. The first-order valence-electron chi connectivity index (χ1n) is 6.10. The number of aliphatic hydroxyl groups is 2. The molecule has 1 aromatic heterocycles. The number of aromatic amines is 1. The summed E-state index contributed by atoms with van der Waals surface area (Å²) in [6.45, 7) is -2.23. The normalized spacial score (nSPS) is 29.0. The fraction of sp³-hybridized carbons (Fsp3) is 0.636. The van der Waals surface area contributed by atoms with Crippen molar-refractivity contribution in [1.29, 1.82) is 0 Å². The molecule has 1 saturated heterocycles. The number of alkyl halides is 4. The number of halogens is 4. The fourth-order valence-electron chi connectivity index (χ4n) is 2.18. The zero-order valence-electron chi connectivity index (χ0n) is 10.9. The summed E-state index contributed by atoms with van der Waals surface area (Å²) >= 11 is 0. The largest absolute Gasteiger partial charge is 0.423 e. The van der Waals surface area contributed by atoms with Gasteiger partial charge in [0.05, 0.1) is 12.7 Å². The highest BCUT2D eigenvalue weighted by Crippen LogP contribution is 2.36. The number of rotatable bonds is 3. The standard InChI is InChI=1S/C11H12F4N2O5/c12-3-10(4-18)6(19)1-7(22-10)17-2-5(11(13,14)15)8(20)16-9(17)21/h2,6-7,18-19H,1,3-4H2,(H,16,20,21)/t6-,7+,10+/m0/s1. The third kappa shape index (κ3) is 2.66. The Bertz CT molecular complexity index is 664. The van der Waals surface area contributed by atoms with Gasteiger partial charge in [0.1, 0.15) is 24.1 Å². The number of hydrogen-bond acceptors (Lipinski definition) is 5. The number of ether oxygens (including phenoxy) is 1. The predicted molar refractivity (Wildman–Crippen MR) is 62.9 cm³/mol. The molecule has 1 fully saturated rings. The maximum atomic E-state index is 13.0. The SMILES string of the molecule is O=c1[nH]c(=O)n([C@H]2C[C@H](O)[C@](CO)(CF)O2)cc1C(F)(F)F. The highest BCUT2D eigenvalue weighted by Gasteiger charge is 2.49. The van der Waals surface area contributed by atoms with Gasteiger partial charge in [-0.05, 0) is 0 Å². The summed E-state index contributed by atoms with van der Waals surface area (Å²) in [5, 5.41) is 18.8. The maximum Gasteiger partial charge on any atom is 0.423 e. The lowest BCUT2D eigenvalue weighted by atomic mass is 10.00. The molecule has 0 aromatic carbocycles. The summed E-state index contributed by atoms with van der Waals surface area (Å²) in [7, 11) is 0. The second kappa shape index (κ2) is 5.48. The van der Waals surface area contributed by atoms with Crippen molar-refractivity contribution in [2.45, 2.75) is 30.5 Å².